The monoisotopic (exact) mass is 621 g/mol. The Bertz CT molecular complexity index is 1670. The highest BCUT2D eigenvalue weighted by molar-refractivity contribution is 7.85. The number of nitrogens with one attached hydrogen (secondary N) is 1. The molecule has 1 aliphatic heterocycles. The Morgan fingerprint density at radius 2 is 1.68 bits per heavy atom. The molecule has 1 aliphatic rings. The SMILES string of the molecule is COc1c(-c2ccc(-c3ccc(OCCCCOS(C)(=O)=O)cc3)cc2)nc2ccncc2c1C(=O)NOC1CCCCO1. The van der Waals surface area contributed by atoms with E-state index in [4.69, 9.17) is 28.2 Å². The Labute approximate surface area is 256 Å². The van der Waals surface area contributed by atoms with Gasteiger partial charge in [0, 0.05) is 36.4 Å². The summed E-state index contributed by atoms with van der Waals surface area (Å²) in [5.74, 6) is 0.561. The van der Waals surface area contributed by atoms with Crippen molar-refractivity contribution >= 4 is 26.9 Å². The zero-order valence-corrected chi connectivity index (χ0v) is 25.5. The van der Waals surface area contributed by atoms with Crippen molar-refractivity contribution in [3.63, 3.8) is 0 Å². The lowest BCUT2D eigenvalue weighted by Gasteiger charge is -2.22. The fraction of sp³-hybridized carbons (Fsp3) is 0.344. The van der Waals surface area contributed by atoms with Crippen LogP contribution in [-0.2, 0) is 23.9 Å². The van der Waals surface area contributed by atoms with E-state index in [2.05, 4.69) is 10.5 Å². The minimum atomic E-state index is -3.41. The van der Waals surface area contributed by atoms with Gasteiger partial charge in [-0.3, -0.25) is 14.0 Å². The van der Waals surface area contributed by atoms with Crippen LogP contribution in [0.25, 0.3) is 33.3 Å². The van der Waals surface area contributed by atoms with E-state index in [1.807, 2.05) is 48.5 Å². The summed E-state index contributed by atoms with van der Waals surface area (Å²) in [7, 11) is -1.91. The second-order valence-electron chi connectivity index (χ2n) is 10.3. The number of aromatic nitrogens is 2. The highest BCUT2D eigenvalue weighted by Gasteiger charge is 2.24. The molecule has 44 heavy (non-hydrogen) atoms. The molecule has 1 N–H and O–H groups in total. The van der Waals surface area contributed by atoms with Gasteiger partial charge in [-0.25, -0.2) is 15.3 Å². The van der Waals surface area contributed by atoms with Crippen LogP contribution in [0.15, 0.2) is 67.0 Å². The molecule has 1 amide bonds. The molecule has 2 aromatic carbocycles. The first kappa shape index (κ1) is 31.3. The van der Waals surface area contributed by atoms with Crippen molar-refractivity contribution in [3.8, 4) is 33.9 Å². The predicted molar refractivity (Wildman–Crippen MR) is 165 cm³/mol. The summed E-state index contributed by atoms with van der Waals surface area (Å²) in [5, 5.41) is 0.542. The molecule has 1 unspecified atom stereocenters. The molecule has 0 bridgehead atoms. The molecule has 0 spiro atoms. The quantitative estimate of drug-likeness (QED) is 0.119. The standard InChI is InChI=1S/C32H35N3O8S/c1-39-31-29(32(36)35-43-28-7-3-4-19-41-28)26-21-33-17-16-27(26)34-30(31)24-10-8-22(9-11-24)23-12-14-25(15-13-23)40-18-5-6-20-42-44(2,37)38/h8-17,21,28H,3-7,18-20H2,1-2H3,(H,35,36). The Morgan fingerprint density at radius 1 is 0.977 bits per heavy atom. The third-order valence-electron chi connectivity index (χ3n) is 7.04. The highest BCUT2D eigenvalue weighted by Crippen LogP contribution is 2.37. The van der Waals surface area contributed by atoms with Gasteiger partial charge in [-0.1, -0.05) is 36.4 Å². The predicted octanol–water partition coefficient (Wildman–Crippen LogP) is 5.30. The van der Waals surface area contributed by atoms with Gasteiger partial charge >= 0.3 is 0 Å². The van der Waals surface area contributed by atoms with Crippen molar-refractivity contribution in [1.82, 2.24) is 15.4 Å². The van der Waals surface area contributed by atoms with Crippen LogP contribution in [0.4, 0.5) is 0 Å². The normalized spacial score (nSPS) is 15.2. The Kier molecular flexibility index (Phi) is 10.4. The van der Waals surface area contributed by atoms with E-state index in [1.165, 1.54) is 7.11 Å². The number of carbonyl (C=O) groups excluding carboxylic acids is 1. The molecule has 232 valence electrons. The number of nitrogens with zero attached hydrogens (tertiary/aromatic N) is 2. The number of methoxy groups -OCH3 is 1. The molecule has 0 aliphatic carbocycles. The number of unbranched alkanes of at least 4 members (excludes halogenated alkanes) is 1. The Morgan fingerprint density at radius 3 is 2.36 bits per heavy atom. The van der Waals surface area contributed by atoms with E-state index in [9.17, 15) is 13.2 Å². The van der Waals surface area contributed by atoms with Crippen molar-refractivity contribution < 1.29 is 36.4 Å². The second kappa shape index (κ2) is 14.6. The summed E-state index contributed by atoms with van der Waals surface area (Å²) in [5.41, 5.74) is 6.68. The topological polar surface area (TPSA) is 135 Å². The maximum Gasteiger partial charge on any atom is 0.279 e. The van der Waals surface area contributed by atoms with Gasteiger partial charge in [0.1, 0.15) is 11.4 Å². The summed E-state index contributed by atoms with van der Waals surface area (Å²) < 4.78 is 43.9. The molecule has 1 fully saturated rings. The summed E-state index contributed by atoms with van der Waals surface area (Å²) in [4.78, 5) is 28.0. The maximum atomic E-state index is 13.4. The zero-order chi connectivity index (χ0) is 30.9. The van der Waals surface area contributed by atoms with Crippen LogP contribution in [0.2, 0.25) is 0 Å². The molecule has 2 aromatic heterocycles. The van der Waals surface area contributed by atoms with Crippen molar-refractivity contribution in [2.24, 2.45) is 0 Å². The minimum Gasteiger partial charge on any atom is -0.494 e. The van der Waals surface area contributed by atoms with Gasteiger partial charge in [-0.2, -0.15) is 8.42 Å². The average molecular weight is 622 g/mol. The van der Waals surface area contributed by atoms with Crippen molar-refractivity contribution in [1.29, 1.82) is 0 Å². The molecule has 3 heterocycles. The Hall–Kier alpha value is -4.10. The molecule has 1 saturated heterocycles. The van der Waals surface area contributed by atoms with E-state index in [-0.39, 0.29) is 12.2 Å². The maximum absolute atomic E-state index is 13.4. The number of carbonyl (C=O) groups is 1. The third-order valence-corrected chi connectivity index (χ3v) is 7.64. The minimum absolute atomic E-state index is 0.147. The summed E-state index contributed by atoms with van der Waals surface area (Å²) in [6.45, 7) is 1.20. The summed E-state index contributed by atoms with van der Waals surface area (Å²) in [6.07, 6.45) is 7.66. The lowest BCUT2D eigenvalue weighted by Crippen LogP contribution is -2.33. The van der Waals surface area contributed by atoms with Gasteiger partial charge in [-0.15, -0.1) is 0 Å². The van der Waals surface area contributed by atoms with Crippen LogP contribution in [0, 0.1) is 0 Å². The lowest BCUT2D eigenvalue weighted by molar-refractivity contribution is -0.186. The molecule has 0 saturated carbocycles. The average Bonchev–Trinajstić information content (AvgIpc) is 3.04. The highest BCUT2D eigenvalue weighted by atomic mass is 32.2. The van der Waals surface area contributed by atoms with Gasteiger partial charge in [0.25, 0.3) is 16.0 Å². The molecule has 1 atom stereocenters. The Balaban J connectivity index is 1.30. The van der Waals surface area contributed by atoms with Gasteiger partial charge in [0.05, 0.1) is 37.7 Å². The first-order valence-corrected chi connectivity index (χ1v) is 16.2. The zero-order valence-electron chi connectivity index (χ0n) is 24.7. The number of hydroxylamine groups is 1. The molecule has 12 heteroatoms. The summed E-state index contributed by atoms with van der Waals surface area (Å²) >= 11 is 0. The fourth-order valence-corrected chi connectivity index (χ4v) is 5.27. The van der Waals surface area contributed by atoms with Gasteiger partial charge < -0.3 is 14.2 Å². The molecular formula is C32H35N3O8S. The van der Waals surface area contributed by atoms with Crippen molar-refractivity contribution in [2.75, 3.05) is 33.2 Å². The third kappa shape index (κ3) is 8.08. The van der Waals surface area contributed by atoms with Crippen LogP contribution in [-0.4, -0.2) is 63.8 Å². The smallest absolute Gasteiger partial charge is 0.279 e. The number of benzene rings is 2. The van der Waals surface area contributed by atoms with Crippen LogP contribution in [0.3, 0.4) is 0 Å². The summed E-state index contributed by atoms with van der Waals surface area (Å²) in [6, 6.07) is 17.3. The molecule has 4 aromatic rings. The number of fused-ring (bicyclic) bond motifs is 1. The van der Waals surface area contributed by atoms with Crippen molar-refractivity contribution in [3.05, 3.63) is 72.6 Å². The number of hydrogen-bond donors (Lipinski definition) is 1. The molecular weight excluding hydrogens is 586 g/mol. The number of amides is 1. The largest absolute Gasteiger partial charge is 0.494 e. The number of rotatable bonds is 13. The van der Waals surface area contributed by atoms with Crippen LogP contribution >= 0.6 is 0 Å². The van der Waals surface area contributed by atoms with E-state index < -0.39 is 22.3 Å². The lowest BCUT2D eigenvalue weighted by atomic mass is 10.00. The van der Waals surface area contributed by atoms with E-state index >= 15 is 0 Å². The van der Waals surface area contributed by atoms with Crippen LogP contribution in [0.1, 0.15) is 42.5 Å². The molecule has 5 rings (SSSR count). The van der Waals surface area contributed by atoms with E-state index in [1.54, 1.807) is 18.5 Å². The number of hydrogen-bond acceptors (Lipinski definition) is 10. The first-order chi connectivity index (χ1) is 21.3. The second-order valence-corrected chi connectivity index (χ2v) is 11.9. The van der Waals surface area contributed by atoms with Crippen molar-refractivity contribution in [2.45, 2.75) is 38.4 Å². The van der Waals surface area contributed by atoms with Gasteiger partial charge in [0.2, 0.25) is 0 Å². The van der Waals surface area contributed by atoms with E-state index in [0.717, 1.165) is 41.5 Å². The van der Waals surface area contributed by atoms with Crippen LogP contribution in [0.5, 0.6) is 11.5 Å². The number of ether oxygens (including phenoxy) is 3. The number of pyridine rings is 2. The first-order valence-electron chi connectivity index (χ1n) is 14.4. The molecule has 0 radical (unpaired) electrons. The molecule has 11 nitrogen and oxygen atoms in total. The fourth-order valence-electron chi connectivity index (χ4n) is 4.85. The van der Waals surface area contributed by atoms with Crippen LogP contribution < -0.4 is 15.0 Å². The van der Waals surface area contributed by atoms with E-state index in [0.29, 0.717) is 54.8 Å². The van der Waals surface area contributed by atoms with Gasteiger partial charge in [0.15, 0.2) is 12.0 Å². The van der Waals surface area contributed by atoms with Gasteiger partial charge in [-0.05, 0) is 55.0 Å².